The van der Waals surface area contributed by atoms with Crippen LogP contribution in [0.15, 0.2) is 127 Å². The minimum Gasteiger partial charge on any atom is -0.657 e. The number of aromatic hydroxyl groups is 2. The van der Waals surface area contributed by atoms with Crippen molar-refractivity contribution in [2.24, 2.45) is 0 Å². The summed E-state index contributed by atoms with van der Waals surface area (Å²) in [6, 6.07) is 43.5. The molecule has 2 radical (unpaired) electrons. The number of benzene rings is 6. The Labute approximate surface area is 385 Å². The number of hydrogen-bond acceptors (Lipinski definition) is 5. The van der Waals surface area contributed by atoms with Crippen LogP contribution in [0.2, 0.25) is 0 Å². The fourth-order valence-corrected chi connectivity index (χ4v) is 8.96. The fraction of sp³-hybridized carbons (Fsp3) is 0.145. The number of phenolic OH excluding ortho intramolecular Hbond substituents is 2. The van der Waals surface area contributed by atoms with Crippen molar-refractivity contribution in [2.75, 3.05) is 0 Å². The summed E-state index contributed by atoms with van der Waals surface area (Å²) in [5.74, 6) is 0.218. The first-order chi connectivity index (χ1) is 29.3. The van der Waals surface area contributed by atoms with Gasteiger partial charge in [0.05, 0.1) is 33.5 Å². The summed E-state index contributed by atoms with van der Waals surface area (Å²) in [5, 5.41) is 33.5. The van der Waals surface area contributed by atoms with Crippen LogP contribution in [0.25, 0.3) is 110 Å². The largest absolute Gasteiger partial charge is 0.657 e. The predicted molar refractivity (Wildman–Crippen MR) is 255 cm³/mol. The summed E-state index contributed by atoms with van der Waals surface area (Å²) in [4.78, 5) is 21.3. The third-order valence-electron chi connectivity index (χ3n) is 12.4. The number of aromatic nitrogens is 4. The third-order valence-corrected chi connectivity index (χ3v) is 12.4. The van der Waals surface area contributed by atoms with E-state index < -0.39 is 0 Å². The van der Waals surface area contributed by atoms with Gasteiger partial charge in [-0.05, 0) is 109 Å². The van der Waals surface area contributed by atoms with Gasteiger partial charge in [-0.2, -0.15) is 0 Å². The zero-order valence-electron chi connectivity index (χ0n) is 35.6. The molecule has 63 heavy (non-hydrogen) atoms. The van der Waals surface area contributed by atoms with Crippen molar-refractivity contribution in [2.45, 2.75) is 52.4 Å². The SMILES string of the molecule is CC(C)(C)c1cc2c3nc(c(-c4c5ccccc5cc5ccccc45)c4ccc([n-]4)c4cc(C(C)(C)C)cc(c4O)c4ccc5ccc6ccc(nc6c5n4)c(c1)c2O)C=C3.[Co].[Co]. The van der Waals surface area contributed by atoms with Crippen LogP contribution in [0.1, 0.15) is 64.1 Å². The van der Waals surface area contributed by atoms with Crippen molar-refractivity contribution in [1.29, 1.82) is 0 Å². The number of fused-ring (bicyclic) bond motifs is 16. The van der Waals surface area contributed by atoms with E-state index >= 15 is 0 Å². The second kappa shape index (κ2) is 15.2. The molecule has 0 amide bonds. The minimum absolute atomic E-state index is 0. The number of nitrogens with zero attached hydrogens (tertiary/aromatic N) is 4. The van der Waals surface area contributed by atoms with E-state index in [-0.39, 0.29) is 55.9 Å². The Morgan fingerprint density at radius 2 is 0.873 bits per heavy atom. The van der Waals surface area contributed by atoms with E-state index in [1.165, 1.54) is 0 Å². The Kier molecular flexibility index (Phi) is 10.1. The fourth-order valence-electron chi connectivity index (χ4n) is 8.96. The number of hydrogen-bond donors (Lipinski definition) is 2. The molecule has 1 aliphatic heterocycles. The molecule has 314 valence electrons. The van der Waals surface area contributed by atoms with Crippen molar-refractivity contribution in [3.8, 4) is 22.6 Å². The van der Waals surface area contributed by atoms with E-state index in [1.54, 1.807) is 0 Å². The molecule has 0 saturated heterocycles. The van der Waals surface area contributed by atoms with Crippen LogP contribution in [0.4, 0.5) is 0 Å². The Morgan fingerprint density at radius 1 is 0.413 bits per heavy atom. The second-order valence-corrected chi connectivity index (χ2v) is 18.4. The van der Waals surface area contributed by atoms with Crippen molar-refractivity contribution in [3.63, 3.8) is 0 Å². The van der Waals surface area contributed by atoms with Crippen LogP contribution >= 0.6 is 0 Å². The van der Waals surface area contributed by atoms with E-state index in [1.807, 2.05) is 48.6 Å². The average Bonchev–Trinajstić information content (AvgIpc) is 3.93. The molecule has 6 nitrogen and oxygen atoms in total. The van der Waals surface area contributed by atoms with Crippen LogP contribution in [0.5, 0.6) is 11.5 Å². The topological polar surface area (TPSA) is 93.2 Å². The summed E-state index contributed by atoms with van der Waals surface area (Å²) in [7, 11) is 0. The van der Waals surface area contributed by atoms with Gasteiger partial charge in [-0.3, -0.25) is 0 Å². The van der Waals surface area contributed by atoms with Crippen molar-refractivity contribution >= 4 is 99.1 Å². The molecule has 0 saturated carbocycles. The van der Waals surface area contributed by atoms with E-state index in [2.05, 4.69) is 133 Å². The van der Waals surface area contributed by atoms with E-state index in [9.17, 15) is 10.2 Å². The summed E-state index contributed by atoms with van der Waals surface area (Å²) in [6.07, 6.45) is 4.03. The molecule has 12 bridgehead atoms. The summed E-state index contributed by atoms with van der Waals surface area (Å²) in [5.41, 5.74) is 8.87. The molecule has 10 aromatic rings. The molecule has 4 aromatic heterocycles. The van der Waals surface area contributed by atoms with Gasteiger partial charge in [0.1, 0.15) is 11.5 Å². The zero-order chi connectivity index (χ0) is 41.9. The quantitative estimate of drug-likeness (QED) is 0.126. The third kappa shape index (κ3) is 6.89. The standard InChI is InChI=1S/C55H43N4O2.2Co/c1-54(2,3)34-26-38-42-21-23-46(56-42)49(48-36-13-9-7-11-32(36)25-33-12-8-10-14-37(33)48)47-24-22-43(57-47)39-27-35(55(4,5)6)29-41(53(39)61)45-20-18-31-16-15-30-17-19-44(40(28-34)52(38)60)58-50(30)51(31)59-45;;/h7-29H,1-6H3,(H2-,56,57,58,59,60,61);;/q-1;;. The Bertz CT molecular complexity index is 3650. The first-order valence-electron chi connectivity index (χ1n) is 20.8. The van der Waals surface area contributed by atoms with Gasteiger partial charge in [0, 0.05) is 65.9 Å². The summed E-state index contributed by atoms with van der Waals surface area (Å²) >= 11 is 0. The maximum atomic E-state index is 12.4. The molecule has 8 heteroatoms. The van der Waals surface area contributed by atoms with Crippen LogP contribution in [-0.4, -0.2) is 25.2 Å². The molecule has 0 aliphatic carbocycles. The Morgan fingerprint density at radius 3 is 1.43 bits per heavy atom. The van der Waals surface area contributed by atoms with Gasteiger partial charge in [-0.25, -0.2) is 15.0 Å². The Hall–Kier alpha value is -6.30. The minimum atomic E-state index is -0.252. The zero-order valence-corrected chi connectivity index (χ0v) is 37.7. The molecule has 0 atom stereocenters. The van der Waals surface area contributed by atoms with Crippen LogP contribution in [0.3, 0.4) is 0 Å². The second-order valence-electron chi connectivity index (χ2n) is 18.4. The van der Waals surface area contributed by atoms with Crippen LogP contribution < -0.4 is 4.98 Å². The maximum absolute atomic E-state index is 12.4. The van der Waals surface area contributed by atoms with E-state index in [0.29, 0.717) is 54.8 Å². The first kappa shape index (κ1) is 42.0. The van der Waals surface area contributed by atoms with Crippen molar-refractivity contribution in [1.82, 2.24) is 19.9 Å². The average molecular weight is 910 g/mol. The monoisotopic (exact) mass is 909 g/mol. The van der Waals surface area contributed by atoms with Crippen molar-refractivity contribution in [3.05, 3.63) is 150 Å². The molecule has 0 unspecified atom stereocenters. The maximum Gasteiger partial charge on any atom is 0.134 e. The van der Waals surface area contributed by atoms with Crippen LogP contribution in [-0.2, 0) is 44.4 Å². The number of rotatable bonds is 1. The molecule has 0 spiro atoms. The molecule has 11 rings (SSSR count). The molecular formula is C55H43Co2N4O2-. The number of phenols is 2. The van der Waals surface area contributed by atoms with Gasteiger partial charge in [0.15, 0.2) is 0 Å². The predicted octanol–water partition coefficient (Wildman–Crippen LogP) is 13.9. The van der Waals surface area contributed by atoms with Gasteiger partial charge in [-0.1, -0.05) is 126 Å². The summed E-state index contributed by atoms with van der Waals surface area (Å²) in [6.45, 7) is 13.1. The molecule has 2 N–H and O–H groups in total. The van der Waals surface area contributed by atoms with E-state index in [4.69, 9.17) is 19.9 Å². The van der Waals surface area contributed by atoms with Gasteiger partial charge in [-0.15, -0.1) is 11.0 Å². The molecular weight excluding hydrogens is 866 g/mol. The van der Waals surface area contributed by atoms with Gasteiger partial charge in [0.25, 0.3) is 0 Å². The van der Waals surface area contributed by atoms with Gasteiger partial charge in [0.2, 0.25) is 0 Å². The normalized spacial score (nSPS) is 12.4. The smallest absolute Gasteiger partial charge is 0.134 e. The molecule has 0 fully saturated rings. The first-order valence-corrected chi connectivity index (χ1v) is 20.8. The van der Waals surface area contributed by atoms with Gasteiger partial charge < -0.3 is 15.2 Å². The van der Waals surface area contributed by atoms with Gasteiger partial charge >= 0.3 is 0 Å². The number of pyridine rings is 2. The van der Waals surface area contributed by atoms with Crippen molar-refractivity contribution < 1.29 is 43.8 Å². The van der Waals surface area contributed by atoms with E-state index in [0.717, 1.165) is 65.8 Å². The molecule has 5 heterocycles. The summed E-state index contributed by atoms with van der Waals surface area (Å²) < 4.78 is 0. The molecule has 6 aromatic carbocycles. The van der Waals surface area contributed by atoms with Crippen LogP contribution in [0, 0.1) is 0 Å². The Balaban J connectivity index is 0.00000252. The molecule has 1 aliphatic rings.